The zero-order chi connectivity index (χ0) is 12.4. The lowest BCUT2D eigenvalue weighted by molar-refractivity contribution is 0.103. The van der Waals surface area contributed by atoms with Gasteiger partial charge in [0.2, 0.25) is 0 Å². The molecule has 0 saturated carbocycles. The van der Waals surface area contributed by atoms with Gasteiger partial charge in [0.1, 0.15) is 5.82 Å². The van der Waals surface area contributed by atoms with Crippen LogP contribution in [-0.2, 0) is 0 Å². The van der Waals surface area contributed by atoms with Crippen molar-refractivity contribution in [1.82, 2.24) is 0 Å². The summed E-state index contributed by atoms with van der Waals surface area (Å²) >= 11 is 0. The van der Waals surface area contributed by atoms with Crippen LogP contribution < -0.4 is 5.73 Å². The number of nitrogens with two attached hydrogens (primary N) is 1. The second-order valence-corrected chi connectivity index (χ2v) is 3.90. The zero-order valence-corrected chi connectivity index (χ0v) is 9.41. The van der Waals surface area contributed by atoms with Crippen LogP contribution in [0.2, 0.25) is 0 Å². The van der Waals surface area contributed by atoms with E-state index in [1.54, 1.807) is 12.1 Å². The summed E-state index contributed by atoms with van der Waals surface area (Å²) in [6.45, 7) is 1.94. The highest BCUT2D eigenvalue weighted by molar-refractivity contribution is 6.12. The van der Waals surface area contributed by atoms with E-state index in [9.17, 15) is 9.18 Å². The van der Waals surface area contributed by atoms with Crippen LogP contribution in [0.3, 0.4) is 0 Å². The highest BCUT2D eigenvalue weighted by atomic mass is 19.1. The van der Waals surface area contributed by atoms with Crippen LogP contribution in [0.4, 0.5) is 10.1 Å². The number of benzene rings is 2. The molecule has 2 nitrogen and oxygen atoms in total. The molecule has 2 N–H and O–H groups in total. The van der Waals surface area contributed by atoms with Crippen molar-refractivity contribution >= 4 is 11.5 Å². The van der Waals surface area contributed by atoms with E-state index in [-0.39, 0.29) is 17.0 Å². The minimum Gasteiger partial charge on any atom is -0.396 e. The molecule has 0 amide bonds. The summed E-state index contributed by atoms with van der Waals surface area (Å²) in [5, 5.41) is 0. The van der Waals surface area contributed by atoms with Gasteiger partial charge in [-0.1, -0.05) is 35.9 Å². The number of hydrogen-bond acceptors (Lipinski definition) is 2. The van der Waals surface area contributed by atoms with E-state index >= 15 is 0 Å². The van der Waals surface area contributed by atoms with Crippen molar-refractivity contribution in [2.45, 2.75) is 6.92 Å². The molecule has 2 rings (SSSR count). The normalized spacial score (nSPS) is 10.2. The number of halogens is 1. The van der Waals surface area contributed by atoms with E-state index in [1.165, 1.54) is 18.2 Å². The number of ketones is 1. The Bertz CT molecular complexity index is 561. The third-order valence-corrected chi connectivity index (χ3v) is 2.61. The van der Waals surface area contributed by atoms with Gasteiger partial charge in [-0.3, -0.25) is 4.79 Å². The van der Waals surface area contributed by atoms with Crippen LogP contribution in [0.5, 0.6) is 0 Å². The maximum atomic E-state index is 13.2. The Morgan fingerprint density at radius 3 is 2.41 bits per heavy atom. The van der Waals surface area contributed by atoms with Gasteiger partial charge < -0.3 is 5.73 Å². The first kappa shape index (κ1) is 11.3. The molecule has 0 radical (unpaired) electrons. The molecule has 2 aromatic rings. The van der Waals surface area contributed by atoms with Crippen LogP contribution in [0.1, 0.15) is 21.5 Å². The molecular weight excluding hydrogens is 217 g/mol. The largest absolute Gasteiger partial charge is 0.396 e. The van der Waals surface area contributed by atoms with E-state index in [0.717, 1.165) is 5.56 Å². The van der Waals surface area contributed by atoms with Crippen molar-refractivity contribution in [3.8, 4) is 0 Å². The molecule has 0 atom stereocenters. The average molecular weight is 229 g/mol. The number of para-hydroxylation sites is 1. The summed E-state index contributed by atoms with van der Waals surface area (Å²) in [5.74, 6) is -0.829. The Morgan fingerprint density at radius 2 is 1.76 bits per heavy atom. The predicted octanol–water partition coefficient (Wildman–Crippen LogP) is 2.95. The van der Waals surface area contributed by atoms with E-state index in [2.05, 4.69) is 0 Å². The quantitative estimate of drug-likeness (QED) is 0.635. The van der Waals surface area contributed by atoms with Gasteiger partial charge in [-0.2, -0.15) is 0 Å². The molecule has 0 fully saturated rings. The minimum atomic E-state index is -0.567. The van der Waals surface area contributed by atoms with Gasteiger partial charge in [0.15, 0.2) is 5.78 Å². The topological polar surface area (TPSA) is 43.1 Å². The molecule has 3 heteroatoms. The van der Waals surface area contributed by atoms with Crippen molar-refractivity contribution < 1.29 is 9.18 Å². The molecule has 0 heterocycles. The summed E-state index contributed by atoms with van der Waals surface area (Å²) in [6.07, 6.45) is 0. The van der Waals surface area contributed by atoms with E-state index in [1.807, 2.05) is 19.1 Å². The van der Waals surface area contributed by atoms with Crippen LogP contribution in [0, 0.1) is 12.7 Å². The lowest BCUT2D eigenvalue weighted by Gasteiger charge is -2.05. The van der Waals surface area contributed by atoms with Crippen molar-refractivity contribution in [2.24, 2.45) is 0 Å². The Kier molecular flexibility index (Phi) is 2.91. The first-order valence-electron chi connectivity index (χ1n) is 5.25. The van der Waals surface area contributed by atoms with Gasteiger partial charge in [-0.25, -0.2) is 4.39 Å². The third kappa shape index (κ3) is 2.18. The molecular formula is C14H12FNO. The zero-order valence-electron chi connectivity index (χ0n) is 9.41. The van der Waals surface area contributed by atoms with Gasteiger partial charge in [0, 0.05) is 11.1 Å². The molecule has 0 spiro atoms. The molecule has 2 aromatic carbocycles. The highest BCUT2D eigenvalue weighted by Gasteiger charge is 2.14. The molecule has 0 saturated heterocycles. The second kappa shape index (κ2) is 4.37. The number of hydrogen-bond donors (Lipinski definition) is 1. The average Bonchev–Trinajstić information content (AvgIpc) is 2.33. The monoisotopic (exact) mass is 229 g/mol. The fourth-order valence-corrected chi connectivity index (χ4v) is 1.60. The fraction of sp³-hybridized carbons (Fsp3) is 0.0714. The van der Waals surface area contributed by atoms with E-state index < -0.39 is 5.82 Å². The summed E-state index contributed by atoms with van der Waals surface area (Å²) in [6, 6.07) is 11.3. The smallest absolute Gasteiger partial charge is 0.195 e. The summed E-state index contributed by atoms with van der Waals surface area (Å²) in [7, 11) is 0. The fourth-order valence-electron chi connectivity index (χ4n) is 1.60. The molecule has 17 heavy (non-hydrogen) atoms. The molecule has 0 unspecified atom stereocenters. The Hall–Kier alpha value is -2.16. The molecule has 0 aliphatic heterocycles. The maximum absolute atomic E-state index is 13.2. The summed E-state index contributed by atoms with van der Waals surface area (Å²) in [4.78, 5) is 12.1. The molecule has 0 aromatic heterocycles. The number of carbonyl (C=O) groups is 1. The van der Waals surface area contributed by atoms with Crippen molar-refractivity contribution in [3.63, 3.8) is 0 Å². The summed E-state index contributed by atoms with van der Waals surface area (Å²) < 4.78 is 13.2. The Labute approximate surface area is 98.9 Å². The van der Waals surface area contributed by atoms with E-state index in [4.69, 9.17) is 5.73 Å². The Balaban J connectivity index is 2.44. The third-order valence-electron chi connectivity index (χ3n) is 2.61. The van der Waals surface area contributed by atoms with Gasteiger partial charge in [-0.15, -0.1) is 0 Å². The molecule has 86 valence electrons. The first-order valence-corrected chi connectivity index (χ1v) is 5.25. The van der Waals surface area contributed by atoms with Crippen molar-refractivity contribution in [2.75, 3.05) is 5.73 Å². The number of nitrogen functional groups attached to an aromatic ring is 1. The number of carbonyl (C=O) groups excluding carboxylic acids is 1. The maximum Gasteiger partial charge on any atom is 0.195 e. The van der Waals surface area contributed by atoms with Crippen LogP contribution in [0.25, 0.3) is 0 Å². The standard InChI is InChI=1S/C14H12FNO/c1-9-5-7-10(8-6-9)14(17)11-3-2-4-12(15)13(11)16/h2-8H,16H2,1H3. The molecule has 0 bridgehead atoms. The molecule has 0 aliphatic rings. The van der Waals surface area contributed by atoms with Crippen LogP contribution >= 0.6 is 0 Å². The van der Waals surface area contributed by atoms with Gasteiger partial charge >= 0.3 is 0 Å². The number of aryl methyl sites for hydroxylation is 1. The van der Waals surface area contributed by atoms with Crippen LogP contribution in [-0.4, -0.2) is 5.78 Å². The minimum absolute atomic E-state index is 0.0990. The van der Waals surface area contributed by atoms with Crippen molar-refractivity contribution in [1.29, 1.82) is 0 Å². The van der Waals surface area contributed by atoms with Crippen LogP contribution in [0.15, 0.2) is 42.5 Å². The lowest BCUT2D eigenvalue weighted by Crippen LogP contribution is -2.06. The summed E-state index contributed by atoms with van der Waals surface area (Å²) in [5.41, 5.74) is 7.23. The predicted molar refractivity (Wildman–Crippen MR) is 65.4 cm³/mol. The molecule has 0 aliphatic carbocycles. The first-order chi connectivity index (χ1) is 8.09. The van der Waals surface area contributed by atoms with Gasteiger partial charge in [0.25, 0.3) is 0 Å². The Morgan fingerprint density at radius 1 is 1.12 bits per heavy atom. The van der Waals surface area contributed by atoms with Crippen molar-refractivity contribution in [3.05, 3.63) is 65.0 Å². The number of rotatable bonds is 2. The van der Waals surface area contributed by atoms with E-state index in [0.29, 0.717) is 5.56 Å². The number of anilines is 1. The lowest BCUT2D eigenvalue weighted by atomic mass is 10.0. The van der Waals surface area contributed by atoms with Gasteiger partial charge in [0.05, 0.1) is 5.69 Å². The SMILES string of the molecule is Cc1ccc(C(=O)c2cccc(F)c2N)cc1. The second-order valence-electron chi connectivity index (χ2n) is 3.90. The van der Waals surface area contributed by atoms with Gasteiger partial charge in [-0.05, 0) is 19.1 Å². The highest BCUT2D eigenvalue weighted by Crippen LogP contribution is 2.19.